The average molecular weight is 359 g/mol. The number of amides is 2. The van der Waals surface area contributed by atoms with E-state index in [2.05, 4.69) is 18.7 Å². The molecule has 1 atom stereocenters. The molecule has 0 radical (unpaired) electrons. The van der Waals surface area contributed by atoms with Crippen molar-refractivity contribution in [2.45, 2.75) is 33.3 Å². The van der Waals surface area contributed by atoms with E-state index in [0.29, 0.717) is 24.6 Å². The summed E-state index contributed by atoms with van der Waals surface area (Å²) in [6, 6.07) is 7.50. The third kappa shape index (κ3) is 4.18. The van der Waals surface area contributed by atoms with Crippen molar-refractivity contribution in [3.8, 4) is 5.75 Å². The number of carbonyl (C=O) groups excluding carboxylic acids is 2. The number of fused-ring (bicyclic) bond motifs is 1. The third-order valence-electron chi connectivity index (χ3n) is 4.97. The molecule has 2 aliphatic rings. The van der Waals surface area contributed by atoms with Gasteiger partial charge in [0.1, 0.15) is 5.75 Å². The second-order valence-corrected chi connectivity index (χ2v) is 7.54. The molecule has 2 amide bonds. The Morgan fingerprint density at radius 1 is 1.19 bits per heavy atom. The average Bonchev–Trinajstić information content (AvgIpc) is 2.62. The van der Waals surface area contributed by atoms with Crippen LogP contribution in [0.1, 0.15) is 27.2 Å². The fourth-order valence-corrected chi connectivity index (χ4v) is 3.65. The van der Waals surface area contributed by atoms with Crippen molar-refractivity contribution in [1.82, 2.24) is 9.80 Å². The topological polar surface area (TPSA) is 53.1 Å². The van der Waals surface area contributed by atoms with Crippen LogP contribution < -0.4 is 9.64 Å². The number of hydrogen-bond donors (Lipinski definition) is 0. The Labute approximate surface area is 155 Å². The Hall–Kier alpha value is -2.08. The zero-order chi connectivity index (χ0) is 18.7. The van der Waals surface area contributed by atoms with E-state index >= 15 is 0 Å². The van der Waals surface area contributed by atoms with Gasteiger partial charge >= 0.3 is 0 Å². The van der Waals surface area contributed by atoms with Crippen LogP contribution in [0, 0.1) is 5.92 Å². The van der Waals surface area contributed by atoms with Gasteiger partial charge in [0, 0.05) is 45.7 Å². The van der Waals surface area contributed by atoms with Crippen LogP contribution in [-0.2, 0) is 9.59 Å². The Morgan fingerprint density at radius 2 is 1.88 bits per heavy atom. The van der Waals surface area contributed by atoms with Crippen LogP contribution in [-0.4, -0.2) is 67.0 Å². The standard InChI is InChI=1S/C20H29N3O3/c1-15(2)14-21-10-12-22(13-11-21)19(24)8-9-23-17-6-4-5-7-18(17)26-16(3)20(23)25/h4-7,15-16H,8-14H2,1-3H3. The van der Waals surface area contributed by atoms with Crippen LogP contribution in [0.3, 0.4) is 0 Å². The molecule has 2 aliphatic heterocycles. The Kier molecular flexibility index (Phi) is 5.81. The maximum Gasteiger partial charge on any atom is 0.267 e. The lowest BCUT2D eigenvalue weighted by Gasteiger charge is -2.36. The van der Waals surface area contributed by atoms with Crippen molar-refractivity contribution in [3.63, 3.8) is 0 Å². The summed E-state index contributed by atoms with van der Waals surface area (Å²) < 4.78 is 5.65. The SMILES string of the molecule is CC(C)CN1CCN(C(=O)CCN2C(=O)C(C)Oc3ccccc32)CC1. The molecular weight excluding hydrogens is 330 g/mol. The normalized spacial score (nSPS) is 20.9. The van der Waals surface area contributed by atoms with Gasteiger partial charge in [0.25, 0.3) is 5.91 Å². The van der Waals surface area contributed by atoms with E-state index in [4.69, 9.17) is 4.74 Å². The number of para-hydroxylation sites is 2. The number of rotatable bonds is 5. The first-order valence-electron chi connectivity index (χ1n) is 9.53. The van der Waals surface area contributed by atoms with E-state index in [0.717, 1.165) is 38.4 Å². The molecule has 1 saturated heterocycles. The fraction of sp³-hybridized carbons (Fsp3) is 0.600. The van der Waals surface area contributed by atoms with Gasteiger partial charge in [0.15, 0.2) is 6.10 Å². The fourth-order valence-electron chi connectivity index (χ4n) is 3.65. The molecule has 1 aromatic rings. The minimum atomic E-state index is -0.514. The summed E-state index contributed by atoms with van der Waals surface area (Å²) in [5, 5.41) is 0. The quantitative estimate of drug-likeness (QED) is 0.807. The molecule has 1 aromatic carbocycles. The summed E-state index contributed by atoms with van der Waals surface area (Å²) in [4.78, 5) is 31.1. The molecule has 6 nitrogen and oxygen atoms in total. The first-order valence-corrected chi connectivity index (χ1v) is 9.53. The lowest BCUT2D eigenvalue weighted by molar-refractivity contribution is -0.133. The van der Waals surface area contributed by atoms with Gasteiger partial charge in [-0.25, -0.2) is 0 Å². The molecule has 3 rings (SSSR count). The molecule has 1 fully saturated rings. The van der Waals surface area contributed by atoms with Crippen molar-refractivity contribution in [2.75, 3.05) is 44.2 Å². The number of anilines is 1. The van der Waals surface area contributed by atoms with Crippen molar-refractivity contribution >= 4 is 17.5 Å². The third-order valence-corrected chi connectivity index (χ3v) is 4.97. The van der Waals surface area contributed by atoms with Crippen LogP contribution in [0.4, 0.5) is 5.69 Å². The summed E-state index contributed by atoms with van der Waals surface area (Å²) in [5.41, 5.74) is 0.755. The monoisotopic (exact) mass is 359 g/mol. The summed E-state index contributed by atoms with van der Waals surface area (Å²) >= 11 is 0. The van der Waals surface area contributed by atoms with E-state index in [9.17, 15) is 9.59 Å². The van der Waals surface area contributed by atoms with Crippen LogP contribution in [0.15, 0.2) is 24.3 Å². The number of hydrogen-bond acceptors (Lipinski definition) is 4. The van der Waals surface area contributed by atoms with Crippen molar-refractivity contribution < 1.29 is 14.3 Å². The maximum atomic E-state index is 12.6. The predicted molar refractivity (Wildman–Crippen MR) is 101 cm³/mol. The molecule has 2 heterocycles. The Balaban J connectivity index is 1.56. The van der Waals surface area contributed by atoms with Gasteiger partial charge < -0.3 is 14.5 Å². The van der Waals surface area contributed by atoms with E-state index < -0.39 is 6.10 Å². The molecule has 26 heavy (non-hydrogen) atoms. The largest absolute Gasteiger partial charge is 0.479 e. The first-order chi connectivity index (χ1) is 12.5. The van der Waals surface area contributed by atoms with Gasteiger partial charge in [-0.1, -0.05) is 26.0 Å². The highest BCUT2D eigenvalue weighted by molar-refractivity contribution is 6.00. The van der Waals surface area contributed by atoms with Gasteiger partial charge in [-0.05, 0) is 25.0 Å². The van der Waals surface area contributed by atoms with Crippen LogP contribution >= 0.6 is 0 Å². The molecule has 0 saturated carbocycles. The van der Waals surface area contributed by atoms with Crippen LogP contribution in [0.5, 0.6) is 5.75 Å². The van der Waals surface area contributed by atoms with Crippen molar-refractivity contribution in [1.29, 1.82) is 0 Å². The van der Waals surface area contributed by atoms with E-state index in [1.54, 1.807) is 11.8 Å². The Morgan fingerprint density at radius 3 is 2.58 bits per heavy atom. The van der Waals surface area contributed by atoms with Gasteiger partial charge in [-0.3, -0.25) is 14.5 Å². The second-order valence-electron chi connectivity index (χ2n) is 7.54. The summed E-state index contributed by atoms with van der Waals surface area (Å²) in [6.07, 6.45) is -0.170. The van der Waals surface area contributed by atoms with Gasteiger partial charge in [0.05, 0.1) is 5.69 Å². The highest BCUT2D eigenvalue weighted by atomic mass is 16.5. The lowest BCUT2D eigenvalue weighted by atomic mass is 10.1. The lowest BCUT2D eigenvalue weighted by Crippen LogP contribution is -2.50. The molecule has 0 bridgehead atoms. The highest BCUT2D eigenvalue weighted by Gasteiger charge is 2.32. The molecule has 6 heteroatoms. The number of ether oxygens (including phenoxy) is 1. The van der Waals surface area contributed by atoms with Crippen molar-refractivity contribution in [2.24, 2.45) is 5.92 Å². The van der Waals surface area contributed by atoms with E-state index in [1.807, 2.05) is 29.2 Å². The molecule has 1 unspecified atom stereocenters. The summed E-state index contributed by atoms with van der Waals surface area (Å²) in [7, 11) is 0. The second kappa shape index (κ2) is 8.08. The van der Waals surface area contributed by atoms with E-state index in [-0.39, 0.29) is 11.8 Å². The van der Waals surface area contributed by atoms with Crippen molar-refractivity contribution in [3.05, 3.63) is 24.3 Å². The molecule has 0 aliphatic carbocycles. The predicted octanol–water partition coefficient (Wildman–Crippen LogP) is 1.99. The Bertz CT molecular complexity index is 653. The number of nitrogens with zero attached hydrogens (tertiary/aromatic N) is 3. The molecule has 0 spiro atoms. The minimum absolute atomic E-state index is 0.0850. The first kappa shape index (κ1) is 18.7. The maximum absolute atomic E-state index is 12.6. The summed E-state index contributed by atoms with van der Waals surface area (Å²) in [5.74, 6) is 1.39. The van der Waals surface area contributed by atoms with Gasteiger partial charge in [-0.2, -0.15) is 0 Å². The number of carbonyl (C=O) groups is 2. The molecular formula is C20H29N3O3. The van der Waals surface area contributed by atoms with Crippen LogP contribution in [0.25, 0.3) is 0 Å². The molecule has 142 valence electrons. The zero-order valence-corrected chi connectivity index (χ0v) is 16.0. The summed E-state index contributed by atoms with van der Waals surface area (Å²) in [6.45, 7) is 11.1. The highest BCUT2D eigenvalue weighted by Crippen LogP contribution is 2.33. The molecule has 0 aromatic heterocycles. The van der Waals surface area contributed by atoms with E-state index in [1.165, 1.54) is 0 Å². The van der Waals surface area contributed by atoms with Gasteiger partial charge in [-0.15, -0.1) is 0 Å². The zero-order valence-electron chi connectivity index (χ0n) is 16.0. The number of piperazine rings is 1. The smallest absolute Gasteiger partial charge is 0.267 e. The van der Waals surface area contributed by atoms with Crippen LogP contribution in [0.2, 0.25) is 0 Å². The minimum Gasteiger partial charge on any atom is -0.479 e. The number of benzene rings is 1. The molecule has 0 N–H and O–H groups in total. The van der Waals surface area contributed by atoms with Gasteiger partial charge in [0.2, 0.25) is 5.91 Å².